The van der Waals surface area contributed by atoms with Crippen LogP contribution in [-0.2, 0) is 12.8 Å². The molecular formula is C17H21NO. The zero-order chi connectivity index (χ0) is 13.5. The molecule has 0 spiro atoms. The molecule has 1 unspecified atom stereocenters. The van der Waals surface area contributed by atoms with Gasteiger partial charge in [-0.25, -0.2) is 0 Å². The molecule has 0 amide bonds. The van der Waals surface area contributed by atoms with Crippen molar-refractivity contribution in [1.29, 1.82) is 0 Å². The Balaban J connectivity index is 1.90. The Morgan fingerprint density at radius 1 is 1.05 bits per heavy atom. The Morgan fingerprint density at radius 2 is 1.84 bits per heavy atom. The van der Waals surface area contributed by atoms with Crippen LogP contribution >= 0.6 is 0 Å². The van der Waals surface area contributed by atoms with Crippen LogP contribution in [0.3, 0.4) is 0 Å². The Hall–Kier alpha value is -1.67. The van der Waals surface area contributed by atoms with Crippen molar-refractivity contribution < 1.29 is 5.11 Å². The minimum atomic E-state index is -0.405. The van der Waals surface area contributed by atoms with Crippen molar-refractivity contribution in [1.82, 2.24) is 4.98 Å². The van der Waals surface area contributed by atoms with Crippen molar-refractivity contribution in [2.24, 2.45) is 0 Å². The van der Waals surface area contributed by atoms with Crippen LogP contribution in [0.5, 0.6) is 0 Å². The van der Waals surface area contributed by atoms with Crippen LogP contribution < -0.4 is 0 Å². The van der Waals surface area contributed by atoms with Gasteiger partial charge < -0.3 is 5.11 Å². The molecule has 19 heavy (non-hydrogen) atoms. The molecule has 1 aromatic carbocycles. The number of hydrogen-bond donors (Lipinski definition) is 1. The van der Waals surface area contributed by atoms with Crippen molar-refractivity contribution >= 4 is 0 Å². The molecule has 0 aliphatic heterocycles. The summed E-state index contributed by atoms with van der Waals surface area (Å²) in [6.45, 7) is 2.18. The highest BCUT2D eigenvalue weighted by molar-refractivity contribution is 5.24. The summed E-state index contributed by atoms with van der Waals surface area (Å²) in [5, 5.41) is 10.2. The maximum absolute atomic E-state index is 10.2. The first-order chi connectivity index (χ1) is 9.29. The molecule has 2 heteroatoms. The van der Waals surface area contributed by atoms with E-state index < -0.39 is 6.10 Å². The number of aliphatic hydroxyl groups is 1. The zero-order valence-corrected chi connectivity index (χ0v) is 11.4. The van der Waals surface area contributed by atoms with E-state index >= 15 is 0 Å². The van der Waals surface area contributed by atoms with Gasteiger partial charge in [0.2, 0.25) is 0 Å². The molecule has 0 fully saturated rings. The Labute approximate surface area is 115 Å². The fraction of sp³-hybridized carbons (Fsp3) is 0.353. The first-order valence-electron chi connectivity index (χ1n) is 6.96. The van der Waals surface area contributed by atoms with Gasteiger partial charge in [0.25, 0.3) is 0 Å². The standard InChI is InChI=1S/C17H21NO/c1-2-5-14-7-9-15(10-8-14)17(19)12-11-16-6-3-4-13-18-16/h3-4,6-10,13,17,19H,2,5,11-12H2,1H3. The third-order valence-corrected chi connectivity index (χ3v) is 3.30. The number of aromatic nitrogens is 1. The second kappa shape index (κ2) is 7.05. The van der Waals surface area contributed by atoms with E-state index in [1.54, 1.807) is 6.20 Å². The molecule has 2 nitrogen and oxygen atoms in total. The van der Waals surface area contributed by atoms with Crippen LogP contribution in [0.25, 0.3) is 0 Å². The highest BCUT2D eigenvalue weighted by Crippen LogP contribution is 2.19. The third kappa shape index (κ3) is 4.18. The van der Waals surface area contributed by atoms with Crippen molar-refractivity contribution in [3.05, 3.63) is 65.5 Å². The van der Waals surface area contributed by atoms with E-state index in [9.17, 15) is 5.11 Å². The molecule has 1 N–H and O–H groups in total. The largest absolute Gasteiger partial charge is 0.388 e. The first-order valence-corrected chi connectivity index (χ1v) is 6.96. The number of aliphatic hydroxyl groups excluding tert-OH is 1. The van der Waals surface area contributed by atoms with Crippen molar-refractivity contribution in [3.8, 4) is 0 Å². The van der Waals surface area contributed by atoms with Gasteiger partial charge in [0.05, 0.1) is 6.10 Å². The average Bonchev–Trinajstić information content (AvgIpc) is 2.47. The number of pyridine rings is 1. The number of aryl methyl sites for hydroxylation is 2. The number of nitrogens with zero attached hydrogens (tertiary/aromatic N) is 1. The molecule has 1 atom stereocenters. The molecular weight excluding hydrogens is 234 g/mol. The quantitative estimate of drug-likeness (QED) is 0.853. The van der Waals surface area contributed by atoms with Crippen LogP contribution in [0.15, 0.2) is 48.7 Å². The number of rotatable bonds is 6. The van der Waals surface area contributed by atoms with Crippen molar-refractivity contribution in [2.75, 3.05) is 0 Å². The van der Waals surface area contributed by atoms with Gasteiger partial charge in [-0.3, -0.25) is 4.98 Å². The monoisotopic (exact) mass is 255 g/mol. The summed E-state index contributed by atoms with van der Waals surface area (Å²) in [7, 11) is 0. The molecule has 1 heterocycles. The van der Waals surface area contributed by atoms with Crippen molar-refractivity contribution in [2.45, 2.75) is 38.7 Å². The predicted molar refractivity (Wildman–Crippen MR) is 78.0 cm³/mol. The van der Waals surface area contributed by atoms with Crippen LogP contribution in [0.4, 0.5) is 0 Å². The van der Waals surface area contributed by atoms with Gasteiger partial charge in [-0.1, -0.05) is 43.7 Å². The fourth-order valence-electron chi connectivity index (χ4n) is 2.19. The summed E-state index contributed by atoms with van der Waals surface area (Å²) < 4.78 is 0. The number of benzene rings is 1. The second-order valence-electron chi connectivity index (χ2n) is 4.87. The van der Waals surface area contributed by atoms with E-state index in [4.69, 9.17) is 0 Å². The summed E-state index contributed by atoms with van der Waals surface area (Å²) in [5.74, 6) is 0. The van der Waals surface area contributed by atoms with Crippen LogP contribution in [0.2, 0.25) is 0 Å². The molecule has 0 radical (unpaired) electrons. The number of hydrogen-bond acceptors (Lipinski definition) is 2. The summed E-state index contributed by atoms with van der Waals surface area (Å²) in [5.41, 5.74) is 3.36. The maximum atomic E-state index is 10.2. The Morgan fingerprint density at radius 3 is 2.47 bits per heavy atom. The van der Waals surface area contributed by atoms with Crippen LogP contribution in [0, 0.1) is 0 Å². The van der Waals surface area contributed by atoms with E-state index in [1.165, 1.54) is 5.56 Å². The van der Waals surface area contributed by atoms with E-state index in [1.807, 2.05) is 30.3 Å². The first kappa shape index (κ1) is 13.8. The lowest BCUT2D eigenvalue weighted by molar-refractivity contribution is 0.167. The minimum absolute atomic E-state index is 0.405. The van der Waals surface area contributed by atoms with E-state index in [-0.39, 0.29) is 0 Å². The molecule has 2 rings (SSSR count). The van der Waals surface area contributed by atoms with Gasteiger partial charge in [0.15, 0.2) is 0 Å². The van der Waals surface area contributed by atoms with Gasteiger partial charge >= 0.3 is 0 Å². The smallest absolute Gasteiger partial charge is 0.0793 e. The van der Waals surface area contributed by atoms with E-state index in [2.05, 4.69) is 24.0 Å². The second-order valence-corrected chi connectivity index (χ2v) is 4.87. The van der Waals surface area contributed by atoms with Crippen LogP contribution in [-0.4, -0.2) is 10.1 Å². The topological polar surface area (TPSA) is 33.1 Å². The molecule has 0 bridgehead atoms. The molecule has 0 saturated heterocycles. The van der Waals surface area contributed by atoms with Crippen molar-refractivity contribution in [3.63, 3.8) is 0 Å². The summed E-state index contributed by atoms with van der Waals surface area (Å²) in [6.07, 6.45) is 5.16. The Kier molecular flexibility index (Phi) is 5.10. The van der Waals surface area contributed by atoms with E-state index in [0.717, 1.165) is 30.5 Å². The Bertz CT molecular complexity index is 478. The molecule has 100 valence electrons. The summed E-state index contributed by atoms with van der Waals surface area (Å²) >= 11 is 0. The lowest BCUT2D eigenvalue weighted by atomic mass is 10.0. The summed E-state index contributed by atoms with van der Waals surface area (Å²) in [6, 6.07) is 14.2. The lowest BCUT2D eigenvalue weighted by Crippen LogP contribution is -2.01. The molecule has 1 aromatic heterocycles. The van der Waals surface area contributed by atoms with Gasteiger partial charge in [0.1, 0.15) is 0 Å². The molecule has 0 aliphatic carbocycles. The highest BCUT2D eigenvalue weighted by atomic mass is 16.3. The van der Waals surface area contributed by atoms with Crippen LogP contribution in [0.1, 0.15) is 42.7 Å². The fourth-order valence-corrected chi connectivity index (χ4v) is 2.19. The molecule has 0 aliphatic rings. The highest BCUT2D eigenvalue weighted by Gasteiger charge is 2.08. The molecule has 2 aromatic rings. The van der Waals surface area contributed by atoms with Gasteiger partial charge in [-0.15, -0.1) is 0 Å². The average molecular weight is 255 g/mol. The molecule has 0 saturated carbocycles. The summed E-state index contributed by atoms with van der Waals surface area (Å²) in [4.78, 5) is 4.27. The maximum Gasteiger partial charge on any atom is 0.0793 e. The normalized spacial score (nSPS) is 12.3. The SMILES string of the molecule is CCCc1ccc(C(O)CCc2ccccn2)cc1. The van der Waals surface area contributed by atoms with E-state index in [0.29, 0.717) is 6.42 Å². The lowest BCUT2D eigenvalue weighted by Gasteiger charge is -2.11. The van der Waals surface area contributed by atoms with Gasteiger partial charge in [0, 0.05) is 11.9 Å². The van der Waals surface area contributed by atoms with Gasteiger partial charge in [-0.05, 0) is 42.5 Å². The van der Waals surface area contributed by atoms with Gasteiger partial charge in [-0.2, -0.15) is 0 Å². The minimum Gasteiger partial charge on any atom is -0.388 e. The zero-order valence-electron chi connectivity index (χ0n) is 11.4. The third-order valence-electron chi connectivity index (χ3n) is 3.30. The predicted octanol–water partition coefficient (Wildman–Crippen LogP) is 3.70.